The third-order valence-electron chi connectivity index (χ3n) is 4.28. The largest absolute Gasteiger partial charge is 0.394 e. The van der Waals surface area contributed by atoms with Gasteiger partial charge >= 0.3 is 0 Å². The monoisotopic (exact) mass is 266 g/mol. The van der Waals surface area contributed by atoms with Crippen molar-refractivity contribution in [3.05, 3.63) is 11.5 Å². The van der Waals surface area contributed by atoms with Gasteiger partial charge in [-0.05, 0) is 43.2 Å². The molecule has 1 saturated carbocycles. The summed E-state index contributed by atoms with van der Waals surface area (Å²) in [5.41, 5.74) is 6.66. The van der Waals surface area contributed by atoms with E-state index in [1.54, 1.807) is 6.20 Å². The Morgan fingerprint density at radius 3 is 2.89 bits per heavy atom. The van der Waals surface area contributed by atoms with Gasteiger partial charge in [-0.25, -0.2) is 4.98 Å². The molecule has 0 bridgehead atoms. The minimum absolute atomic E-state index is 0.289. The van der Waals surface area contributed by atoms with Gasteiger partial charge in [0.15, 0.2) is 5.82 Å². The maximum absolute atomic E-state index is 6.02. The van der Waals surface area contributed by atoms with Gasteiger partial charge in [0.05, 0.1) is 11.9 Å². The van der Waals surface area contributed by atoms with Crippen LogP contribution in [-0.4, -0.2) is 22.6 Å². The molecule has 1 aliphatic carbocycles. The lowest BCUT2D eigenvalue weighted by molar-refractivity contribution is 0.243. The number of rotatable bonds is 1. The summed E-state index contributed by atoms with van der Waals surface area (Å²) in [6, 6.07) is 0.598. The molecule has 0 aromatic carbocycles. The number of hydrogen-bond acceptors (Lipinski definition) is 4. The lowest BCUT2D eigenvalue weighted by Gasteiger charge is -2.45. The Morgan fingerprint density at radius 2 is 2.00 bits per heavy atom. The van der Waals surface area contributed by atoms with E-state index in [4.69, 9.17) is 17.3 Å². The SMILES string of the molecule is Nc1cnc(Cl)nc1N1CCC[C@H]2CCCC[C@H]21. The number of nitrogen functional groups attached to an aromatic ring is 1. The Morgan fingerprint density at radius 1 is 1.22 bits per heavy atom. The van der Waals surface area contributed by atoms with Crippen molar-refractivity contribution in [3.63, 3.8) is 0 Å². The summed E-state index contributed by atoms with van der Waals surface area (Å²) in [7, 11) is 0. The van der Waals surface area contributed by atoms with Crippen molar-refractivity contribution in [3.8, 4) is 0 Å². The Labute approximate surface area is 113 Å². The van der Waals surface area contributed by atoms with Crippen LogP contribution in [0.4, 0.5) is 11.5 Å². The van der Waals surface area contributed by atoms with Gasteiger partial charge in [0.2, 0.25) is 5.28 Å². The maximum Gasteiger partial charge on any atom is 0.224 e. The second kappa shape index (κ2) is 4.92. The molecular weight excluding hydrogens is 248 g/mol. The highest BCUT2D eigenvalue weighted by atomic mass is 35.5. The molecule has 2 N–H and O–H groups in total. The fourth-order valence-corrected chi connectivity index (χ4v) is 3.61. The van der Waals surface area contributed by atoms with Crippen molar-refractivity contribution >= 4 is 23.1 Å². The van der Waals surface area contributed by atoms with Crippen molar-refractivity contribution in [1.29, 1.82) is 0 Å². The molecule has 0 unspecified atom stereocenters. The molecule has 1 aromatic heterocycles. The summed E-state index contributed by atoms with van der Waals surface area (Å²) in [6.45, 7) is 1.04. The molecule has 18 heavy (non-hydrogen) atoms. The molecular formula is C13H19ClN4. The van der Waals surface area contributed by atoms with E-state index in [-0.39, 0.29) is 5.28 Å². The molecule has 2 heterocycles. The van der Waals surface area contributed by atoms with E-state index in [9.17, 15) is 0 Å². The van der Waals surface area contributed by atoms with Gasteiger partial charge in [0.1, 0.15) is 0 Å². The topological polar surface area (TPSA) is 55.0 Å². The van der Waals surface area contributed by atoms with Gasteiger partial charge in [-0.2, -0.15) is 4.98 Å². The number of fused-ring (bicyclic) bond motifs is 1. The first kappa shape index (κ1) is 12.0. The first-order chi connectivity index (χ1) is 8.75. The summed E-state index contributed by atoms with van der Waals surface area (Å²) in [6.07, 6.45) is 9.48. The molecule has 0 amide bonds. The average Bonchev–Trinajstić information content (AvgIpc) is 2.41. The zero-order valence-corrected chi connectivity index (χ0v) is 11.2. The van der Waals surface area contributed by atoms with Gasteiger partial charge in [0, 0.05) is 12.6 Å². The molecule has 1 aromatic rings. The van der Waals surface area contributed by atoms with E-state index in [1.807, 2.05) is 0 Å². The second-order valence-corrected chi connectivity index (χ2v) is 5.70. The Hall–Kier alpha value is -1.03. The van der Waals surface area contributed by atoms with Crippen molar-refractivity contribution in [2.75, 3.05) is 17.2 Å². The van der Waals surface area contributed by atoms with Gasteiger partial charge in [-0.1, -0.05) is 12.8 Å². The van der Waals surface area contributed by atoms with Gasteiger partial charge < -0.3 is 10.6 Å². The molecule has 0 spiro atoms. The summed E-state index contributed by atoms with van der Waals surface area (Å²) in [4.78, 5) is 10.7. The van der Waals surface area contributed by atoms with Crippen LogP contribution in [-0.2, 0) is 0 Å². The molecule has 2 atom stereocenters. The van der Waals surface area contributed by atoms with Crippen LogP contribution in [0.1, 0.15) is 38.5 Å². The number of aromatic nitrogens is 2. The number of nitrogens with zero attached hydrogens (tertiary/aromatic N) is 3. The normalized spacial score (nSPS) is 27.9. The smallest absolute Gasteiger partial charge is 0.224 e. The van der Waals surface area contributed by atoms with Gasteiger partial charge in [0.25, 0.3) is 0 Å². The lowest BCUT2D eigenvalue weighted by atomic mass is 9.78. The van der Waals surface area contributed by atoms with Crippen LogP contribution in [0.3, 0.4) is 0 Å². The number of piperidine rings is 1. The molecule has 3 rings (SSSR count). The zero-order valence-electron chi connectivity index (χ0n) is 10.5. The first-order valence-corrected chi connectivity index (χ1v) is 7.18. The van der Waals surface area contributed by atoms with Gasteiger partial charge in [-0.15, -0.1) is 0 Å². The molecule has 98 valence electrons. The molecule has 1 aliphatic heterocycles. The summed E-state index contributed by atoms with van der Waals surface area (Å²) in [5, 5.41) is 0.289. The van der Waals surface area contributed by atoms with Crippen LogP contribution in [0.15, 0.2) is 6.20 Å². The standard InChI is InChI=1S/C13H19ClN4/c14-13-16-8-10(15)12(17-13)18-7-3-5-9-4-1-2-6-11(9)18/h8-9,11H,1-7,15H2/t9-,11-/m1/s1. The molecule has 5 heteroatoms. The minimum atomic E-state index is 0.289. The Bertz CT molecular complexity index is 435. The number of hydrogen-bond donors (Lipinski definition) is 1. The van der Waals surface area contributed by atoms with Crippen LogP contribution in [0.2, 0.25) is 5.28 Å². The number of anilines is 2. The highest BCUT2D eigenvalue weighted by Crippen LogP contribution is 2.38. The van der Waals surface area contributed by atoms with Crippen molar-refractivity contribution in [2.45, 2.75) is 44.6 Å². The predicted molar refractivity (Wildman–Crippen MR) is 73.8 cm³/mol. The Balaban J connectivity index is 1.91. The highest BCUT2D eigenvalue weighted by Gasteiger charge is 2.34. The first-order valence-electron chi connectivity index (χ1n) is 6.80. The third-order valence-corrected chi connectivity index (χ3v) is 4.46. The van der Waals surface area contributed by atoms with Gasteiger partial charge in [-0.3, -0.25) is 0 Å². The number of nitrogens with two attached hydrogens (primary N) is 1. The van der Waals surface area contributed by atoms with Crippen LogP contribution in [0, 0.1) is 5.92 Å². The molecule has 2 aliphatic rings. The predicted octanol–water partition coefficient (Wildman–Crippen LogP) is 2.87. The summed E-state index contributed by atoms with van der Waals surface area (Å²) in [5.74, 6) is 1.65. The average molecular weight is 267 g/mol. The zero-order chi connectivity index (χ0) is 12.5. The van der Waals surface area contributed by atoms with E-state index in [2.05, 4.69) is 14.9 Å². The second-order valence-electron chi connectivity index (χ2n) is 5.37. The van der Waals surface area contributed by atoms with Crippen LogP contribution >= 0.6 is 11.6 Å². The van der Waals surface area contributed by atoms with E-state index in [0.29, 0.717) is 11.7 Å². The van der Waals surface area contributed by atoms with E-state index >= 15 is 0 Å². The van der Waals surface area contributed by atoms with Crippen LogP contribution < -0.4 is 10.6 Å². The maximum atomic E-state index is 6.02. The molecule has 4 nitrogen and oxygen atoms in total. The highest BCUT2D eigenvalue weighted by molar-refractivity contribution is 6.28. The molecule has 0 radical (unpaired) electrons. The van der Waals surface area contributed by atoms with Crippen molar-refractivity contribution < 1.29 is 0 Å². The minimum Gasteiger partial charge on any atom is -0.394 e. The summed E-state index contributed by atoms with van der Waals surface area (Å²) >= 11 is 5.91. The summed E-state index contributed by atoms with van der Waals surface area (Å²) < 4.78 is 0. The van der Waals surface area contributed by atoms with Crippen molar-refractivity contribution in [1.82, 2.24) is 9.97 Å². The van der Waals surface area contributed by atoms with E-state index < -0.39 is 0 Å². The number of halogens is 1. The fraction of sp³-hybridized carbons (Fsp3) is 0.692. The van der Waals surface area contributed by atoms with E-state index in [1.165, 1.54) is 38.5 Å². The third kappa shape index (κ3) is 2.14. The quantitative estimate of drug-likeness (QED) is 0.794. The molecule has 2 fully saturated rings. The Kier molecular flexibility index (Phi) is 3.29. The van der Waals surface area contributed by atoms with Crippen LogP contribution in [0.25, 0.3) is 0 Å². The molecule has 1 saturated heterocycles. The fourth-order valence-electron chi connectivity index (χ4n) is 3.48. The lowest BCUT2D eigenvalue weighted by Crippen LogP contribution is -2.47. The van der Waals surface area contributed by atoms with E-state index in [0.717, 1.165) is 18.3 Å². The van der Waals surface area contributed by atoms with Crippen molar-refractivity contribution in [2.24, 2.45) is 5.92 Å². The van der Waals surface area contributed by atoms with Crippen LogP contribution in [0.5, 0.6) is 0 Å².